The fourth-order valence-electron chi connectivity index (χ4n) is 0.781. The summed E-state index contributed by atoms with van der Waals surface area (Å²) in [5, 5.41) is 19.8. The van der Waals surface area contributed by atoms with E-state index in [-0.39, 0.29) is 5.57 Å². The minimum absolute atomic E-state index is 0.192. The molecule has 0 aliphatic rings. The number of nitrogens with zero attached hydrogens (tertiary/aromatic N) is 1. The topological polar surface area (TPSA) is 89.9 Å². The van der Waals surface area contributed by atoms with Crippen LogP contribution in [0.15, 0.2) is 23.9 Å². The molecule has 0 saturated heterocycles. The highest BCUT2D eigenvalue weighted by Crippen LogP contribution is 1.99. The third-order valence-corrected chi connectivity index (χ3v) is 1.77. The van der Waals surface area contributed by atoms with Gasteiger partial charge in [0.25, 0.3) is 5.91 Å². The zero-order valence-corrected chi connectivity index (χ0v) is 9.36. The van der Waals surface area contributed by atoms with E-state index in [4.69, 9.17) is 10.2 Å². The number of rotatable bonds is 5. The Labute approximate surface area is 93.9 Å². The highest BCUT2D eigenvalue weighted by molar-refractivity contribution is 5.96. The van der Waals surface area contributed by atoms with Gasteiger partial charge in [-0.2, -0.15) is 0 Å². The number of hydrogen-bond donors (Lipinski definition) is 3. The number of nitrogens with one attached hydrogen (secondary N) is 1. The quantitative estimate of drug-likeness (QED) is 0.429. The maximum absolute atomic E-state index is 11.5. The molecular formula is C10H16N2O4. The Morgan fingerprint density at radius 3 is 2.19 bits per heavy atom. The molecule has 90 valence electrons. The van der Waals surface area contributed by atoms with Crippen LogP contribution in [0.25, 0.3) is 0 Å². The first-order chi connectivity index (χ1) is 7.43. The lowest BCUT2D eigenvalue weighted by Gasteiger charge is -2.16. The van der Waals surface area contributed by atoms with E-state index in [9.17, 15) is 9.59 Å². The molecule has 0 heterocycles. The van der Waals surface area contributed by atoms with Gasteiger partial charge in [0.15, 0.2) is 0 Å². The lowest BCUT2D eigenvalue weighted by molar-refractivity contribution is -0.135. The molecule has 0 spiro atoms. The number of aliphatic hydroxyl groups excluding tert-OH is 2. The minimum atomic E-state index is -0.588. The molecule has 0 aromatic heterocycles. The van der Waals surface area contributed by atoms with E-state index in [1.807, 2.05) is 0 Å². The van der Waals surface area contributed by atoms with E-state index < -0.39 is 25.3 Å². The Hall–Kier alpha value is -1.66. The van der Waals surface area contributed by atoms with Gasteiger partial charge >= 0.3 is 0 Å². The van der Waals surface area contributed by atoms with Gasteiger partial charge in [-0.1, -0.05) is 6.58 Å². The molecule has 0 atom stereocenters. The Morgan fingerprint density at radius 1 is 1.31 bits per heavy atom. The molecule has 0 aromatic rings. The Balaban J connectivity index is 4.49. The first-order valence-corrected chi connectivity index (χ1v) is 4.58. The Bertz CT molecular complexity index is 319. The predicted molar refractivity (Wildman–Crippen MR) is 57.7 cm³/mol. The fraction of sp³-hybridized carbons (Fsp3) is 0.400. The third kappa shape index (κ3) is 4.24. The number of aliphatic hydroxyl groups is 2. The maximum Gasteiger partial charge on any atom is 0.254 e. The first-order valence-electron chi connectivity index (χ1n) is 4.58. The molecule has 6 heteroatoms. The van der Waals surface area contributed by atoms with Crippen LogP contribution in [0.2, 0.25) is 0 Å². The van der Waals surface area contributed by atoms with Crippen LogP contribution in [0.3, 0.4) is 0 Å². The van der Waals surface area contributed by atoms with E-state index in [0.717, 1.165) is 4.90 Å². The van der Waals surface area contributed by atoms with Gasteiger partial charge in [0.05, 0.1) is 0 Å². The molecule has 0 aromatic carbocycles. The molecule has 0 aliphatic heterocycles. The van der Waals surface area contributed by atoms with Crippen LogP contribution in [-0.4, -0.2) is 40.4 Å². The predicted octanol–water partition coefficient (Wildman–Crippen LogP) is -0.689. The molecule has 0 saturated carbocycles. The summed E-state index contributed by atoms with van der Waals surface area (Å²) in [5.41, 5.74) is 0.510. The van der Waals surface area contributed by atoms with Crippen LogP contribution in [0.5, 0.6) is 0 Å². The highest BCUT2D eigenvalue weighted by Gasteiger charge is 2.13. The van der Waals surface area contributed by atoms with Crippen molar-refractivity contribution < 1.29 is 19.8 Å². The van der Waals surface area contributed by atoms with Gasteiger partial charge < -0.3 is 15.5 Å². The van der Waals surface area contributed by atoms with Crippen molar-refractivity contribution in [2.24, 2.45) is 0 Å². The molecule has 0 unspecified atom stereocenters. The zero-order valence-electron chi connectivity index (χ0n) is 9.36. The number of hydrogen-bond acceptors (Lipinski definition) is 4. The summed E-state index contributed by atoms with van der Waals surface area (Å²) in [6.07, 6.45) is 1.21. The molecule has 0 rings (SSSR count). The standard InChI is InChI=1S/C10H16N2O4/c1-7(2)9(15)11-4-8(3)10(16)12(5-13)6-14/h4,13-14H,1,5-6H2,2-3H3,(H,11,15). The van der Waals surface area contributed by atoms with Gasteiger partial charge in [-0.15, -0.1) is 0 Å². The van der Waals surface area contributed by atoms with Crippen LogP contribution < -0.4 is 5.32 Å². The van der Waals surface area contributed by atoms with Crippen LogP contribution >= 0.6 is 0 Å². The fourth-order valence-corrected chi connectivity index (χ4v) is 0.781. The Morgan fingerprint density at radius 2 is 1.81 bits per heavy atom. The lowest BCUT2D eigenvalue weighted by Crippen LogP contribution is -2.34. The number of carbonyl (C=O) groups is 2. The van der Waals surface area contributed by atoms with Gasteiger partial charge in [-0.3, -0.25) is 14.5 Å². The summed E-state index contributed by atoms with van der Waals surface area (Å²) in [4.78, 5) is 23.4. The van der Waals surface area contributed by atoms with Crippen molar-refractivity contribution in [2.75, 3.05) is 13.5 Å². The Kier molecular flexibility index (Phi) is 6.06. The van der Waals surface area contributed by atoms with E-state index in [2.05, 4.69) is 11.9 Å². The molecular weight excluding hydrogens is 212 g/mol. The summed E-state index contributed by atoms with van der Waals surface area (Å²) >= 11 is 0. The van der Waals surface area contributed by atoms with Gasteiger partial charge in [0, 0.05) is 17.3 Å². The summed E-state index contributed by atoms with van der Waals surface area (Å²) in [5.74, 6) is -0.960. The molecule has 0 aliphatic carbocycles. The van der Waals surface area contributed by atoms with E-state index >= 15 is 0 Å². The average Bonchev–Trinajstić information content (AvgIpc) is 2.26. The maximum atomic E-state index is 11.5. The van der Waals surface area contributed by atoms with Crippen molar-refractivity contribution in [3.63, 3.8) is 0 Å². The van der Waals surface area contributed by atoms with Crippen LogP contribution in [0, 0.1) is 0 Å². The SMILES string of the molecule is C=C(C)C(=O)NC=C(C)C(=O)N(CO)CO. The van der Waals surface area contributed by atoms with Gasteiger partial charge in [-0.25, -0.2) is 0 Å². The second kappa shape index (κ2) is 6.76. The molecule has 2 amide bonds. The first kappa shape index (κ1) is 14.3. The van der Waals surface area contributed by atoms with E-state index in [1.54, 1.807) is 0 Å². The minimum Gasteiger partial charge on any atom is -0.376 e. The van der Waals surface area contributed by atoms with Crippen molar-refractivity contribution in [1.29, 1.82) is 0 Å². The van der Waals surface area contributed by atoms with Gasteiger partial charge in [-0.05, 0) is 13.8 Å². The summed E-state index contributed by atoms with van der Waals surface area (Å²) in [6, 6.07) is 0. The molecule has 0 bridgehead atoms. The largest absolute Gasteiger partial charge is 0.376 e. The molecule has 3 N–H and O–H groups in total. The normalized spacial score (nSPS) is 10.9. The van der Waals surface area contributed by atoms with E-state index in [0.29, 0.717) is 5.57 Å². The summed E-state index contributed by atoms with van der Waals surface area (Å²) in [7, 11) is 0. The van der Waals surface area contributed by atoms with E-state index in [1.165, 1.54) is 20.0 Å². The summed E-state index contributed by atoms with van der Waals surface area (Å²) in [6.45, 7) is 5.25. The molecule has 0 fully saturated rings. The smallest absolute Gasteiger partial charge is 0.254 e. The van der Waals surface area contributed by atoms with Crippen LogP contribution in [-0.2, 0) is 9.59 Å². The molecule has 0 radical (unpaired) electrons. The lowest BCUT2D eigenvalue weighted by atomic mass is 10.3. The zero-order chi connectivity index (χ0) is 12.7. The average molecular weight is 228 g/mol. The van der Waals surface area contributed by atoms with Crippen molar-refractivity contribution >= 4 is 11.8 Å². The summed E-state index contributed by atoms with van der Waals surface area (Å²) < 4.78 is 0. The van der Waals surface area contributed by atoms with Crippen molar-refractivity contribution in [1.82, 2.24) is 10.2 Å². The second-order valence-electron chi connectivity index (χ2n) is 3.21. The number of carbonyl (C=O) groups excluding carboxylic acids is 2. The monoisotopic (exact) mass is 228 g/mol. The molecule has 6 nitrogen and oxygen atoms in total. The van der Waals surface area contributed by atoms with Crippen molar-refractivity contribution in [3.8, 4) is 0 Å². The highest BCUT2D eigenvalue weighted by atomic mass is 16.3. The number of amides is 2. The van der Waals surface area contributed by atoms with Crippen molar-refractivity contribution in [3.05, 3.63) is 23.9 Å². The van der Waals surface area contributed by atoms with Gasteiger partial charge in [0.2, 0.25) is 5.91 Å². The van der Waals surface area contributed by atoms with Crippen molar-refractivity contribution in [2.45, 2.75) is 13.8 Å². The third-order valence-electron chi connectivity index (χ3n) is 1.77. The van der Waals surface area contributed by atoms with Crippen LogP contribution in [0.4, 0.5) is 0 Å². The molecule has 16 heavy (non-hydrogen) atoms. The van der Waals surface area contributed by atoms with Gasteiger partial charge in [0.1, 0.15) is 13.5 Å². The second-order valence-corrected chi connectivity index (χ2v) is 3.21. The van der Waals surface area contributed by atoms with Crippen LogP contribution in [0.1, 0.15) is 13.8 Å².